The number of sulfonamides is 1. The predicted molar refractivity (Wildman–Crippen MR) is 87.0 cm³/mol. The van der Waals surface area contributed by atoms with Crippen LogP contribution in [0.4, 0.5) is 5.82 Å². The van der Waals surface area contributed by atoms with Gasteiger partial charge in [-0.3, -0.25) is 4.72 Å². The topological polar surface area (TPSA) is 77.5 Å². The lowest BCUT2D eigenvalue weighted by atomic mass is 10.3. The van der Waals surface area contributed by atoms with Gasteiger partial charge in [0.1, 0.15) is 22.2 Å². The lowest BCUT2D eigenvalue weighted by Crippen LogP contribution is -2.15. The van der Waals surface area contributed by atoms with Crippen LogP contribution in [0.1, 0.15) is 5.56 Å². The molecule has 0 amide bonds. The molecule has 0 atom stereocenters. The molecule has 6 nitrogen and oxygen atoms in total. The quantitative estimate of drug-likeness (QED) is 0.854. The third kappa shape index (κ3) is 3.50. The van der Waals surface area contributed by atoms with Crippen LogP contribution in [-0.2, 0) is 10.0 Å². The van der Waals surface area contributed by atoms with Gasteiger partial charge in [-0.1, -0.05) is 0 Å². The monoisotopic (exact) mass is 386 g/mol. The van der Waals surface area contributed by atoms with E-state index in [1.165, 1.54) is 32.5 Å². The van der Waals surface area contributed by atoms with Gasteiger partial charge in [-0.05, 0) is 46.6 Å². The molecule has 0 spiro atoms. The summed E-state index contributed by atoms with van der Waals surface area (Å²) in [6.45, 7) is 1.84. The number of halogens is 1. The van der Waals surface area contributed by atoms with Gasteiger partial charge in [0.25, 0.3) is 10.0 Å². The smallest absolute Gasteiger partial charge is 0.266 e. The highest BCUT2D eigenvalue weighted by atomic mass is 79.9. The van der Waals surface area contributed by atoms with Crippen LogP contribution in [-0.4, -0.2) is 27.6 Å². The highest BCUT2D eigenvalue weighted by Crippen LogP contribution is 2.29. The van der Waals surface area contributed by atoms with E-state index in [-0.39, 0.29) is 16.5 Å². The minimum absolute atomic E-state index is 0.0169. The molecule has 118 valence electrons. The Morgan fingerprint density at radius 2 is 1.91 bits per heavy atom. The molecule has 8 heteroatoms. The van der Waals surface area contributed by atoms with E-state index in [0.29, 0.717) is 5.75 Å². The van der Waals surface area contributed by atoms with Gasteiger partial charge in [0, 0.05) is 16.7 Å². The molecule has 0 fully saturated rings. The molecule has 1 aromatic carbocycles. The Balaban J connectivity index is 2.43. The fourth-order valence-corrected chi connectivity index (χ4v) is 3.18. The summed E-state index contributed by atoms with van der Waals surface area (Å²) < 4.78 is 38.5. The summed E-state index contributed by atoms with van der Waals surface area (Å²) in [5, 5.41) is 0. The standard InChI is InChI=1S/C14H15BrN2O4S/c1-9-6-14(16-8-11(9)15)17-22(18,19)13-7-10(20-2)4-5-12(13)21-3/h4-8H,1-3H3,(H,16,17). The number of aryl methyl sites for hydroxylation is 1. The summed E-state index contributed by atoms with van der Waals surface area (Å²) in [4.78, 5) is 4.02. The molecule has 1 aromatic heterocycles. The number of nitrogens with one attached hydrogen (secondary N) is 1. The van der Waals surface area contributed by atoms with Crippen LogP contribution in [0.5, 0.6) is 11.5 Å². The van der Waals surface area contributed by atoms with E-state index < -0.39 is 10.0 Å². The van der Waals surface area contributed by atoms with Crippen LogP contribution in [0.3, 0.4) is 0 Å². The summed E-state index contributed by atoms with van der Waals surface area (Å²) in [7, 11) is -0.982. The molecule has 0 bridgehead atoms. The third-order valence-electron chi connectivity index (χ3n) is 2.95. The van der Waals surface area contributed by atoms with Gasteiger partial charge < -0.3 is 9.47 Å². The Labute approximate surface area is 137 Å². The van der Waals surface area contributed by atoms with E-state index in [4.69, 9.17) is 9.47 Å². The number of aromatic nitrogens is 1. The number of methoxy groups -OCH3 is 2. The average molecular weight is 387 g/mol. The molecule has 22 heavy (non-hydrogen) atoms. The number of nitrogens with zero attached hydrogens (tertiary/aromatic N) is 1. The van der Waals surface area contributed by atoms with Gasteiger partial charge in [0.2, 0.25) is 0 Å². The fraction of sp³-hybridized carbons (Fsp3) is 0.214. The van der Waals surface area contributed by atoms with Crippen molar-refractivity contribution in [1.29, 1.82) is 0 Å². The van der Waals surface area contributed by atoms with Gasteiger partial charge >= 0.3 is 0 Å². The number of hydrogen-bond donors (Lipinski definition) is 1. The van der Waals surface area contributed by atoms with E-state index in [1.54, 1.807) is 12.1 Å². The zero-order valence-electron chi connectivity index (χ0n) is 12.3. The summed E-state index contributed by atoms with van der Waals surface area (Å²) in [5.41, 5.74) is 0.866. The molecule has 0 aliphatic carbocycles. The average Bonchev–Trinajstić information content (AvgIpc) is 2.50. The first kappa shape index (κ1) is 16.6. The third-order valence-corrected chi connectivity index (χ3v) is 5.15. The first-order valence-electron chi connectivity index (χ1n) is 6.24. The number of anilines is 1. The molecule has 0 aliphatic rings. The van der Waals surface area contributed by atoms with Crippen molar-refractivity contribution in [2.24, 2.45) is 0 Å². The van der Waals surface area contributed by atoms with Crippen LogP contribution in [0.2, 0.25) is 0 Å². The van der Waals surface area contributed by atoms with Gasteiger partial charge in [-0.2, -0.15) is 0 Å². The molecule has 0 radical (unpaired) electrons. The fourth-order valence-electron chi connectivity index (χ4n) is 1.78. The second-order valence-electron chi connectivity index (χ2n) is 4.44. The first-order valence-corrected chi connectivity index (χ1v) is 8.52. The lowest BCUT2D eigenvalue weighted by Gasteiger charge is -2.12. The van der Waals surface area contributed by atoms with Crippen LogP contribution in [0.15, 0.2) is 39.8 Å². The van der Waals surface area contributed by atoms with Gasteiger partial charge in [0.05, 0.1) is 14.2 Å². The second-order valence-corrected chi connectivity index (χ2v) is 6.95. The molecule has 2 aromatic rings. The van der Waals surface area contributed by atoms with Crippen LogP contribution >= 0.6 is 15.9 Å². The van der Waals surface area contributed by atoms with Gasteiger partial charge in [-0.25, -0.2) is 13.4 Å². The Morgan fingerprint density at radius 1 is 1.18 bits per heavy atom. The van der Waals surface area contributed by atoms with E-state index in [9.17, 15) is 8.42 Å². The number of ether oxygens (including phenoxy) is 2. The minimum atomic E-state index is -3.85. The molecule has 2 rings (SSSR count). The van der Waals surface area contributed by atoms with Crippen molar-refractivity contribution in [1.82, 2.24) is 4.98 Å². The van der Waals surface area contributed by atoms with Crippen molar-refractivity contribution in [3.63, 3.8) is 0 Å². The Bertz CT molecular complexity index is 793. The minimum Gasteiger partial charge on any atom is -0.497 e. The van der Waals surface area contributed by atoms with Crippen molar-refractivity contribution in [3.05, 3.63) is 40.5 Å². The van der Waals surface area contributed by atoms with E-state index in [2.05, 4.69) is 25.6 Å². The SMILES string of the molecule is COc1ccc(OC)c(S(=O)(=O)Nc2cc(C)c(Br)cn2)c1. The molecule has 1 N–H and O–H groups in total. The molecular formula is C14H15BrN2O4S. The number of rotatable bonds is 5. The summed E-state index contributed by atoms with van der Waals surface area (Å²) in [6.07, 6.45) is 1.54. The van der Waals surface area contributed by atoms with E-state index in [1.807, 2.05) is 6.92 Å². The molecule has 0 unspecified atom stereocenters. The van der Waals surface area contributed by atoms with Crippen LogP contribution in [0.25, 0.3) is 0 Å². The molecule has 0 saturated heterocycles. The maximum Gasteiger partial charge on any atom is 0.266 e. The normalized spacial score (nSPS) is 11.1. The summed E-state index contributed by atoms with van der Waals surface area (Å²) in [5.74, 6) is 0.869. The van der Waals surface area contributed by atoms with Gasteiger partial charge in [0.15, 0.2) is 0 Å². The zero-order valence-corrected chi connectivity index (χ0v) is 14.7. The van der Waals surface area contributed by atoms with Crippen molar-refractivity contribution in [3.8, 4) is 11.5 Å². The molecule has 0 aliphatic heterocycles. The number of pyridine rings is 1. The number of hydrogen-bond acceptors (Lipinski definition) is 5. The Morgan fingerprint density at radius 3 is 2.50 bits per heavy atom. The van der Waals surface area contributed by atoms with Crippen molar-refractivity contribution < 1.29 is 17.9 Å². The zero-order chi connectivity index (χ0) is 16.3. The Kier molecular flexibility index (Phi) is 4.92. The lowest BCUT2D eigenvalue weighted by molar-refractivity contribution is 0.392. The maximum absolute atomic E-state index is 12.5. The molecule has 0 saturated carbocycles. The summed E-state index contributed by atoms with van der Waals surface area (Å²) in [6, 6.07) is 6.19. The highest BCUT2D eigenvalue weighted by molar-refractivity contribution is 9.10. The molecule has 1 heterocycles. The predicted octanol–water partition coefficient (Wildman–Crippen LogP) is 2.97. The first-order chi connectivity index (χ1) is 10.4. The highest BCUT2D eigenvalue weighted by Gasteiger charge is 2.21. The van der Waals surface area contributed by atoms with Crippen LogP contribution in [0, 0.1) is 6.92 Å². The summed E-state index contributed by atoms with van der Waals surface area (Å²) >= 11 is 3.32. The van der Waals surface area contributed by atoms with E-state index in [0.717, 1.165) is 10.0 Å². The number of benzene rings is 1. The van der Waals surface area contributed by atoms with Crippen molar-refractivity contribution in [2.75, 3.05) is 18.9 Å². The maximum atomic E-state index is 12.5. The van der Waals surface area contributed by atoms with Gasteiger partial charge in [-0.15, -0.1) is 0 Å². The van der Waals surface area contributed by atoms with Crippen LogP contribution < -0.4 is 14.2 Å². The Hall–Kier alpha value is -1.80. The molecular weight excluding hydrogens is 372 g/mol. The van der Waals surface area contributed by atoms with Crippen molar-refractivity contribution >= 4 is 31.8 Å². The van der Waals surface area contributed by atoms with Crippen molar-refractivity contribution in [2.45, 2.75) is 11.8 Å². The second kappa shape index (κ2) is 6.53. The largest absolute Gasteiger partial charge is 0.497 e. The van der Waals surface area contributed by atoms with E-state index >= 15 is 0 Å².